The Bertz CT molecular complexity index is 282. The minimum absolute atomic E-state index is 0.301. The molecule has 2 unspecified atom stereocenters. The molecular formula is C16H33N3O. The normalized spacial score (nSPS) is 30.6. The van der Waals surface area contributed by atoms with E-state index in [-0.39, 0.29) is 0 Å². The van der Waals surface area contributed by atoms with Gasteiger partial charge in [0.25, 0.3) is 0 Å². The van der Waals surface area contributed by atoms with Crippen LogP contribution in [0.5, 0.6) is 0 Å². The van der Waals surface area contributed by atoms with Crippen molar-refractivity contribution in [1.29, 1.82) is 0 Å². The minimum Gasteiger partial charge on any atom is -0.380 e. The molecule has 2 heterocycles. The van der Waals surface area contributed by atoms with Crippen LogP contribution in [0.1, 0.15) is 40.5 Å². The van der Waals surface area contributed by atoms with E-state index in [4.69, 9.17) is 4.74 Å². The third-order valence-corrected chi connectivity index (χ3v) is 4.71. The van der Waals surface area contributed by atoms with Gasteiger partial charge in [-0.05, 0) is 40.2 Å². The number of piperazine rings is 1. The maximum Gasteiger partial charge on any atom is 0.0637 e. The van der Waals surface area contributed by atoms with E-state index in [0.717, 1.165) is 26.2 Å². The Balaban J connectivity index is 1.87. The van der Waals surface area contributed by atoms with Gasteiger partial charge in [0.2, 0.25) is 0 Å². The molecule has 4 nitrogen and oxygen atoms in total. The van der Waals surface area contributed by atoms with E-state index in [1.807, 2.05) is 0 Å². The summed E-state index contributed by atoms with van der Waals surface area (Å²) in [4.78, 5) is 5.25. The first kappa shape index (κ1) is 16.2. The van der Waals surface area contributed by atoms with E-state index in [9.17, 15) is 0 Å². The summed E-state index contributed by atoms with van der Waals surface area (Å²) in [6, 6.07) is 1.18. The maximum absolute atomic E-state index is 5.74. The van der Waals surface area contributed by atoms with Gasteiger partial charge < -0.3 is 10.1 Å². The fourth-order valence-corrected chi connectivity index (χ4v) is 3.38. The Morgan fingerprint density at radius 3 is 2.45 bits per heavy atom. The lowest BCUT2D eigenvalue weighted by Gasteiger charge is -2.47. The van der Waals surface area contributed by atoms with Gasteiger partial charge in [-0.1, -0.05) is 6.92 Å². The summed E-state index contributed by atoms with van der Waals surface area (Å²) in [5, 5.41) is 3.72. The Labute approximate surface area is 124 Å². The Morgan fingerprint density at radius 2 is 1.85 bits per heavy atom. The third kappa shape index (κ3) is 4.17. The highest BCUT2D eigenvalue weighted by atomic mass is 16.5. The van der Waals surface area contributed by atoms with Crippen LogP contribution >= 0.6 is 0 Å². The molecule has 118 valence electrons. The van der Waals surface area contributed by atoms with Gasteiger partial charge in [-0.25, -0.2) is 0 Å². The van der Waals surface area contributed by atoms with Crippen molar-refractivity contribution in [2.24, 2.45) is 0 Å². The molecule has 0 radical (unpaired) electrons. The van der Waals surface area contributed by atoms with E-state index < -0.39 is 0 Å². The first-order chi connectivity index (χ1) is 9.52. The number of hydrogen-bond acceptors (Lipinski definition) is 4. The molecule has 2 aliphatic heterocycles. The molecule has 2 atom stereocenters. The van der Waals surface area contributed by atoms with Crippen LogP contribution < -0.4 is 5.32 Å². The number of nitrogens with zero attached hydrogens (tertiary/aromatic N) is 2. The molecule has 2 aliphatic rings. The molecular weight excluding hydrogens is 250 g/mol. The van der Waals surface area contributed by atoms with Crippen molar-refractivity contribution in [1.82, 2.24) is 15.1 Å². The second kappa shape index (κ2) is 7.21. The van der Waals surface area contributed by atoms with Gasteiger partial charge in [0.05, 0.1) is 6.61 Å². The number of nitrogens with one attached hydrogen (secondary N) is 1. The van der Waals surface area contributed by atoms with Crippen LogP contribution in [0.3, 0.4) is 0 Å². The summed E-state index contributed by atoms with van der Waals surface area (Å²) < 4.78 is 5.74. The topological polar surface area (TPSA) is 27.7 Å². The largest absolute Gasteiger partial charge is 0.380 e. The van der Waals surface area contributed by atoms with Crippen LogP contribution in [0.4, 0.5) is 0 Å². The highest BCUT2D eigenvalue weighted by Gasteiger charge is 2.34. The van der Waals surface area contributed by atoms with Gasteiger partial charge >= 0.3 is 0 Å². The van der Waals surface area contributed by atoms with Crippen molar-refractivity contribution in [2.45, 2.75) is 58.2 Å². The molecule has 0 amide bonds. The van der Waals surface area contributed by atoms with Gasteiger partial charge in [0.15, 0.2) is 0 Å². The zero-order valence-electron chi connectivity index (χ0n) is 13.8. The molecule has 0 aromatic heterocycles. The first-order valence-corrected chi connectivity index (χ1v) is 8.32. The average molecular weight is 283 g/mol. The second-order valence-electron chi connectivity index (χ2n) is 7.19. The molecule has 0 spiro atoms. The van der Waals surface area contributed by atoms with E-state index in [1.54, 1.807) is 0 Å². The molecule has 0 saturated carbocycles. The molecule has 0 aromatic carbocycles. The maximum atomic E-state index is 5.74. The standard InChI is InChI=1S/C16H33N3O/c1-5-7-17-14-6-12-20-13-15(14)18-8-10-19(11-9-18)16(2,3)4/h14-15,17H,5-13H2,1-4H3. The molecule has 4 heteroatoms. The number of ether oxygens (including phenoxy) is 1. The summed E-state index contributed by atoms with van der Waals surface area (Å²) in [5.41, 5.74) is 0.301. The van der Waals surface area contributed by atoms with E-state index in [0.29, 0.717) is 17.6 Å². The Kier molecular flexibility index (Phi) is 5.84. The zero-order valence-corrected chi connectivity index (χ0v) is 13.8. The molecule has 0 aliphatic carbocycles. The summed E-state index contributed by atoms with van der Waals surface area (Å²) in [6.45, 7) is 16.9. The van der Waals surface area contributed by atoms with Crippen LogP contribution in [-0.4, -0.2) is 73.4 Å². The fourth-order valence-electron chi connectivity index (χ4n) is 3.38. The zero-order chi connectivity index (χ0) is 14.6. The van der Waals surface area contributed by atoms with Gasteiger partial charge in [0.1, 0.15) is 0 Å². The molecule has 2 fully saturated rings. The Morgan fingerprint density at radius 1 is 1.15 bits per heavy atom. The lowest BCUT2D eigenvalue weighted by molar-refractivity contribution is -0.0313. The highest BCUT2D eigenvalue weighted by molar-refractivity contribution is 4.91. The molecule has 1 N–H and O–H groups in total. The molecule has 0 aromatic rings. The second-order valence-corrected chi connectivity index (χ2v) is 7.19. The van der Waals surface area contributed by atoms with Crippen molar-refractivity contribution < 1.29 is 4.74 Å². The van der Waals surface area contributed by atoms with Crippen molar-refractivity contribution in [3.05, 3.63) is 0 Å². The lowest BCUT2D eigenvalue weighted by Crippen LogP contribution is -2.61. The molecule has 2 saturated heterocycles. The SMILES string of the molecule is CCCNC1CCOCC1N1CCN(C(C)(C)C)CC1. The van der Waals surface area contributed by atoms with E-state index in [2.05, 4.69) is 42.8 Å². The van der Waals surface area contributed by atoms with Crippen LogP contribution in [0.25, 0.3) is 0 Å². The number of hydrogen-bond donors (Lipinski definition) is 1. The smallest absolute Gasteiger partial charge is 0.0637 e. The van der Waals surface area contributed by atoms with Crippen LogP contribution in [0.15, 0.2) is 0 Å². The predicted octanol–water partition coefficient (Wildman–Crippen LogP) is 1.56. The quantitative estimate of drug-likeness (QED) is 0.847. The van der Waals surface area contributed by atoms with Gasteiger partial charge in [-0.3, -0.25) is 9.80 Å². The van der Waals surface area contributed by atoms with Gasteiger partial charge in [-0.2, -0.15) is 0 Å². The monoisotopic (exact) mass is 283 g/mol. The van der Waals surface area contributed by atoms with Gasteiger partial charge in [-0.15, -0.1) is 0 Å². The number of rotatable bonds is 4. The molecule has 0 bridgehead atoms. The van der Waals surface area contributed by atoms with Crippen LogP contribution in [0, 0.1) is 0 Å². The Hall–Kier alpha value is -0.160. The fraction of sp³-hybridized carbons (Fsp3) is 1.00. The van der Waals surface area contributed by atoms with Crippen LogP contribution in [-0.2, 0) is 4.74 Å². The van der Waals surface area contributed by atoms with Crippen molar-refractivity contribution in [3.63, 3.8) is 0 Å². The molecule has 2 rings (SSSR count). The van der Waals surface area contributed by atoms with Crippen LogP contribution in [0.2, 0.25) is 0 Å². The van der Waals surface area contributed by atoms with Gasteiger partial charge in [0, 0.05) is 50.4 Å². The minimum atomic E-state index is 0.301. The molecule has 20 heavy (non-hydrogen) atoms. The summed E-state index contributed by atoms with van der Waals surface area (Å²) in [5.74, 6) is 0. The van der Waals surface area contributed by atoms with Crippen molar-refractivity contribution in [2.75, 3.05) is 45.9 Å². The average Bonchev–Trinajstić information content (AvgIpc) is 2.45. The first-order valence-electron chi connectivity index (χ1n) is 8.32. The van der Waals surface area contributed by atoms with E-state index in [1.165, 1.54) is 32.6 Å². The highest BCUT2D eigenvalue weighted by Crippen LogP contribution is 2.20. The summed E-state index contributed by atoms with van der Waals surface area (Å²) in [6.07, 6.45) is 2.37. The van der Waals surface area contributed by atoms with Crippen molar-refractivity contribution in [3.8, 4) is 0 Å². The lowest BCUT2D eigenvalue weighted by atomic mass is 9.99. The summed E-state index contributed by atoms with van der Waals surface area (Å²) >= 11 is 0. The van der Waals surface area contributed by atoms with Crippen molar-refractivity contribution >= 4 is 0 Å². The predicted molar refractivity (Wildman–Crippen MR) is 84.2 cm³/mol. The summed E-state index contributed by atoms with van der Waals surface area (Å²) in [7, 11) is 0. The third-order valence-electron chi connectivity index (χ3n) is 4.71. The van der Waals surface area contributed by atoms with E-state index >= 15 is 0 Å².